The van der Waals surface area contributed by atoms with E-state index in [0.29, 0.717) is 11.9 Å². The molecule has 4 nitrogen and oxygen atoms in total. The van der Waals surface area contributed by atoms with Crippen LogP contribution in [0, 0.1) is 5.92 Å². The molecule has 0 aromatic carbocycles. The van der Waals surface area contributed by atoms with E-state index in [1.54, 1.807) is 6.20 Å². The van der Waals surface area contributed by atoms with Crippen molar-refractivity contribution in [1.82, 2.24) is 15.2 Å². The molecule has 0 radical (unpaired) electrons. The lowest BCUT2D eigenvalue weighted by molar-refractivity contribution is 0.0399. The highest BCUT2D eigenvalue weighted by atomic mass is 15.2. The predicted molar refractivity (Wildman–Crippen MR) is 89.3 cm³/mol. The van der Waals surface area contributed by atoms with E-state index in [-0.39, 0.29) is 5.54 Å². The zero-order valence-electron chi connectivity index (χ0n) is 13.9. The second kappa shape index (κ2) is 6.75. The quantitative estimate of drug-likeness (QED) is 0.874. The first kappa shape index (κ1) is 16.2. The Hall–Kier alpha value is -1.13. The van der Waals surface area contributed by atoms with Crippen molar-refractivity contribution in [1.29, 1.82) is 0 Å². The minimum Gasteiger partial charge on any atom is -0.383 e. The smallest absolute Gasteiger partial charge is 0.126 e. The molecule has 1 fully saturated rings. The van der Waals surface area contributed by atoms with Gasteiger partial charge in [0.15, 0.2) is 0 Å². The van der Waals surface area contributed by atoms with Crippen molar-refractivity contribution in [2.24, 2.45) is 5.92 Å². The minimum atomic E-state index is 0.203. The summed E-state index contributed by atoms with van der Waals surface area (Å²) in [6.07, 6.45) is 7.83. The molecular weight excluding hydrogens is 260 g/mol. The van der Waals surface area contributed by atoms with Crippen molar-refractivity contribution in [3.8, 4) is 0 Å². The summed E-state index contributed by atoms with van der Waals surface area (Å²) in [6, 6.07) is 4.47. The molecule has 3 unspecified atom stereocenters. The maximum Gasteiger partial charge on any atom is 0.126 e. The monoisotopic (exact) mass is 290 g/mol. The molecule has 0 amide bonds. The topological polar surface area (TPSA) is 54.2 Å². The van der Waals surface area contributed by atoms with Crippen molar-refractivity contribution in [2.75, 3.05) is 26.9 Å². The van der Waals surface area contributed by atoms with Crippen LogP contribution in [0.3, 0.4) is 0 Å². The van der Waals surface area contributed by atoms with Gasteiger partial charge in [0.05, 0.1) is 0 Å². The highest BCUT2D eigenvalue weighted by Crippen LogP contribution is 2.39. The second-order valence-electron chi connectivity index (χ2n) is 6.79. The molecule has 0 aliphatic heterocycles. The summed E-state index contributed by atoms with van der Waals surface area (Å²) in [5, 5.41) is 3.57. The molecule has 0 spiro atoms. The summed E-state index contributed by atoms with van der Waals surface area (Å²) in [6.45, 7) is 2.38. The lowest BCUT2D eigenvalue weighted by Gasteiger charge is -2.50. The highest BCUT2D eigenvalue weighted by molar-refractivity contribution is 5.39. The third kappa shape index (κ3) is 3.38. The SMILES string of the molecule is CNC(Cc1cccnc1N)C1(N(C)C)CCCC(C)C1. The van der Waals surface area contributed by atoms with Gasteiger partial charge in [-0.05, 0) is 58.0 Å². The van der Waals surface area contributed by atoms with Gasteiger partial charge in [0, 0.05) is 17.8 Å². The molecule has 2 rings (SSSR count). The van der Waals surface area contributed by atoms with E-state index in [0.717, 1.165) is 17.9 Å². The second-order valence-corrected chi connectivity index (χ2v) is 6.79. The molecule has 1 heterocycles. The molecule has 1 aromatic heterocycles. The summed E-state index contributed by atoms with van der Waals surface area (Å²) in [5.74, 6) is 1.44. The maximum atomic E-state index is 6.05. The van der Waals surface area contributed by atoms with Crippen LogP contribution in [-0.4, -0.2) is 42.6 Å². The van der Waals surface area contributed by atoms with Gasteiger partial charge in [-0.3, -0.25) is 0 Å². The van der Waals surface area contributed by atoms with Crippen LogP contribution in [0.15, 0.2) is 18.3 Å². The maximum absolute atomic E-state index is 6.05. The van der Waals surface area contributed by atoms with E-state index < -0.39 is 0 Å². The number of nitrogens with zero attached hydrogens (tertiary/aromatic N) is 2. The third-order valence-corrected chi connectivity index (χ3v) is 5.25. The van der Waals surface area contributed by atoms with Crippen molar-refractivity contribution < 1.29 is 0 Å². The number of hydrogen-bond acceptors (Lipinski definition) is 4. The zero-order valence-corrected chi connectivity index (χ0v) is 13.9. The van der Waals surface area contributed by atoms with Crippen LogP contribution in [0.25, 0.3) is 0 Å². The van der Waals surface area contributed by atoms with E-state index in [1.807, 2.05) is 6.07 Å². The van der Waals surface area contributed by atoms with E-state index in [2.05, 4.69) is 49.3 Å². The average Bonchev–Trinajstić information content (AvgIpc) is 2.46. The standard InChI is InChI=1S/C17H30N4/c1-13-7-5-9-17(12-13,21(3)4)15(19-2)11-14-8-6-10-20-16(14)18/h6,8,10,13,15,19H,5,7,9,11-12H2,1-4H3,(H2,18,20). The molecule has 1 saturated carbocycles. The van der Waals surface area contributed by atoms with Gasteiger partial charge in [0.1, 0.15) is 5.82 Å². The number of pyridine rings is 1. The molecule has 1 aromatic rings. The van der Waals surface area contributed by atoms with E-state index in [4.69, 9.17) is 5.73 Å². The van der Waals surface area contributed by atoms with Gasteiger partial charge < -0.3 is 16.0 Å². The first-order valence-electron chi connectivity index (χ1n) is 8.03. The first-order valence-corrected chi connectivity index (χ1v) is 8.03. The van der Waals surface area contributed by atoms with Crippen molar-refractivity contribution in [2.45, 2.75) is 50.6 Å². The van der Waals surface area contributed by atoms with Crippen LogP contribution in [-0.2, 0) is 6.42 Å². The van der Waals surface area contributed by atoms with Gasteiger partial charge in [-0.25, -0.2) is 4.98 Å². The molecule has 0 bridgehead atoms. The largest absolute Gasteiger partial charge is 0.383 e. The normalized spacial score (nSPS) is 27.8. The van der Waals surface area contributed by atoms with Crippen molar-refractivity contribution >= 4 is 5.82 Å². The summed E-state index contributed by atoms with van der Waals surface area (Å²) >= 11 is 0. The molecule has 0 saturated heterocycles. The number of anilines is 1. The number of nitrogen functional groups attached to an aromatic ring is 1. The summed E-state index contributed by atoms with van der Waals surface area (Å²) in [5.41, 5.74) is 7.40. The summed E-state index contributed by atoms with van der Waals surface area (Å²) in [4.78, 5) is 6.66. The summed E-state index contributed by atoms with van der Waals surface area (Å²) < 4.78 is 0. The van der Waals surface area contributed by atoms with Gasteiger partial charge >= 0.3 is 0 Å². The highest BCUT2D eigenvalue weighted by Gasteiger charge is 2.43. The predicted octanol–water partition coefficient (Wildman–Crippen LogP) is 2.30. The number of likely N-dealkylation sites (N-methyl/N-ethyl adjacent to an activating group) is 2. The number of aromatic nitrogens is 1. The lowest BCUT2D eigenvalue weighted by atomic mass is 9.70. The van der Waals surface area contributed by atoms with Crippen LogP contribution in [0.2, 0.25) is 0 Å². The van der Waals surface area contributed by atoms with E-state index >= 15 is 0 Å². The Kier molecular flexibility index (Phi) is 5.22. The number of hydrogen-bond donors (Lipinski definition) is 2. The lowest BCUT2D eigenvalue weighted by Crippen LogP contribution is -2.61. The van der Waals surface area contributed by atoms with Crippen LogP contribution >= 0.6 is 0 Å². The number of rotatable bonds is 5. The molecule has 118 valence electrons. The van der Waals surface area contributed by atoms with Gasteiger partial charge in [-0.2, -0.15) is 0 Å². The Morgan fingerprint density at radius 2 is 2.29 bits per heavy atom. The Bertz CT molecular complexity index is 460. The first-order chi connectivity index (χ1) is 9.99. The molecule has 1 aliphatic rings. The fourth-order valence-electron chi connectivity index (χ4n) is 4.00. The Morgan fingerprint density at radius 1 is 1.52 bits per heavy atom. The fourth-order valence-corrected chi connectivity index (χ4v) is 4.00. The Balaban J connectivity index is 2.26. The van der Waals surface area contributed by atoms with E-state index in [9.17, 15) is 0 Å². The van der Waals surface area contributed by atoms with Crippen molar-refractivity contribution in [3.05, 3.63) is 23.9 Å². The molecule has 3 N–H and O–H groups in total. The van der Waals surface area contributed by atoms with Crippen LogP contribution in [0.1, 0.15) is 38.2 Å². The Labute approximate surface area is 129 Å². The zero-order chi connectivity index (χ0) is 15.5. The third-order valence-electron chi connectivity index (χ3n) is 5.25. The van der Waals surface area contributed by atoms with E-state index in [1.165, 1.54) is 25.7 Å². The van der Waals surface area contributed by atoms with Crippen LogP contribution in [0.5, 0.6) is 0 Å². The van der Waals surface area contributed by atoms with Gasteiger partial charge in [0.25, 0.3) is 0 Å². The number of nitrogens with two attached hydrogens (primary N) is 1. The Morgan fingerprint density at radius 3 is 2.86 bits per heavy atom. The van der Waals surface area contributed by atoms with Gasteiger partial charge in [0.2, 0.25) is 0 Å². The van der Waals surface area contributed by atoms with Crippen LogP contribution in [0.4, 0.5) is 5.82 Å². The van der Waals surface area contributed by atoms with Crippen LogP contribution < -0.4 is 11.1 Å². The van der Waals surface area contributed by atoms with Gasteiger partial charge in [-0.15, -0.1) is 0 Å². The molecule has 21 heavy (non-hydrogen) atoms. The number of nitrogens with one attached hydrogen (secondary N) is 1. The minimum absolute atomic E-state index is 0.203. The van der Waals surface area contributed by atoms with Gasteiger partial charge in [-0.1, -0.05) is 25.8 Å². The summed E-state index contributed by atoms with van der Waals surface area (Å²) in [7, 11) is 6.51. The molecule has 1 aliphatic carbocycles. The molecular formula is C17H30N4. The average molecular weight is 290 g/mol. The fraction of sp³-hybridized carbons (Fsp3) is 0.706. The van der Waals surface area contributed by atoms with Crippen molar-refractivity contribution in [3.63, 3.8) is 0 Å². The molecule has 4 heteroatoms. The molecule has 3 atom stereocenters.